The molecule has 0 aromatic heterocycles. The zero-order valence-corrected chi connectivity index (χ0v) is 12.8. The second-order valence-corrected chi connectivity index (χ2v) is 6.65. The van der Waals surface area contributed by atoms with Crippen LogP contribution in [-0.4, -0.2) is 46.4 Å². The lowest BCUT2D eigenvalue weighted by Gasteiger charge is -2.24. The summed E-state index contributed by atoms with van der Waals surface area (Å²) in [6, 6.07) is 6.56. The molecule has 1 aromatic carbocycles. The molecular weight excluding hydrogens is 280 g/mol. The van der Waals surface area contributed by atoms with E-state index in [0.29, 0.717) is 18.7 Å². The molecule has 0 radical (unpaired) electrons. The minimum absolute atomic E-state index is 0.157. The molecule has 1 unspecified atom stereocenters. The molecule has 0 bridgehead atoms. The van der Waals surface area contributed by atoms with Gasteiger partial charge in [0, 0.05) is 26.7 Å². The van der Waals surface area contributed by atoms with Gasteiger partial charge in [-0.05, 0) is 26.1 Å². The summed E-state index contributed by atoms with van der Waals surface area (Å²) in [7, 11) is -0.603. The first kappa shape index (κ1) is 16.9. The highest BCUT2D eigenvalue weighted by atomic mass is 32.2. The molecule has 7 heteroatoms. The molecule has 1 aromatic rings. The molecule has 0 saturated heterocycles. The highest BCUT2D eigenvalue weighted by Gasteiger charge is 2.22. The summed E-state index contributed by atoms with van der Waals surface area (Å²) in [5.41, 5.74) is -0.522. The van der Waals surface area contributed by atoms with E-state index in [4.69, 9.17) is 4.74 Å². The zero-order chi connectivity index (χ0) is 15.2. The summed E-state index contributed by atoms with van der Waals surface area (Å²) in [5.74, 6) is 0. The van der Waals surface area contributed by atoms with Crippen LogP contribution in [-0.2, 0) is 14.8 Å². The fraction of sp³-hybridized carbons (Fsp3) is 0.538. The molecule has 0 fully saturated rings. The Bertz CT molecular complexity index is 529. The fourth-order valence-electron chi connectivity index (χ4n) is 1.65. The van der Waals surface area contributed by atoms with Crippen LogP contribution in [0.5, 0.6) is 0 Å². The molecule has 20 heavy (non-hydrogen) atoms. The average Bonchev–Trinajstić information content (AvgIpc) is 2.43. The van der Waals surface area contributed by atoms with Crippen LogP contribution in [0.15, 0.2) is 29.2 Å². The summed E-state index contributed by atoms with van der Waals surface area (Å²) < 4.78 is 31.0. The Morgan fingerprint density at radius 1 is 1.35 bits per heavy atom. The van der Waals surface area contributed by atoms with E-state index in [1.54, 1.807) is 32.2 Å². The van der Waals surface area contributed by atoms with Gasteiger partial charge in [-0.15, -0.1) is 0 Å². The molecule has 3 N–H and O–H groups in total. The molecule has 0 amide bonds. The number of hydrogen-bond donors (Lipinski definition) is 3. The van der Waals surface area contributed by atoms with E-state index in [0.717, 1.165) is 0 Å². The van der Waals surface area contributed by atoms with Crippen molar-refractivity contribution in [3.05, 3.63) is 24.3 Å². The van der Waals surface area contributed by atoms with Gasteiger partial charge in [0.15, 0.2) is 0 Å². The van der Waals surface area contributed by atoms with Gasteiger partial charge in [-0.25, -0.2) is 13.1 Å². The van der Waals surface area contributed by atoms with Gasteiger partial charge in [0.25, 0.3) is 0 Å². The van der Waals surface area contributed by atoms with Gasteiger partial charge < -0.3 is 15.2 Å². The first-order valence-electron chi connectivity index (χ1n) is 6.30. The fourth-order valence-corrected chi connectivity index (χ4v) is 2.56. The van der Waals surface area contributed by atoms with Gasteiger partial charge in [0.1, 0.15) is 4.90 Å². The average molecular weight is 302 g/mol. The summed E-state index contributed by atoms with van der Waals surface area (Å²) >= 11 is 0. The highest BCUT2D eigenvalue weighted by molar-refractivity contribution is 7.89. The van der Waals surface area contributed by atoms with Crippen molar-refractivity contribution in [2.75, 3.05) is 32.6 Å². The van der Waals surface area contributed by atoms with Crippen molar-refractivity contribution in [3.63, 3.8) is 0 Å². The van der Waals surface area contributed by atoms with E-state index >= 15 is 0 Å². The number of benzene rings is 1. The van der Waals surface area contributed by atoms with Crippen LogP contribution >= 0.6 is 0 Å². The van der Waals surface area contributed by atoms with Crippen molar-refractivity contribution < 1.29 is 18.3 Å². The van der Waals surface area contributed by atoms with Gasteiger partial charge in [-0.1, -0.05) is 12.1 Å². The second-order valence-electron chi connectivity index (χ2n) is 4.80. The van der Waals surface area contributed by atoms with E-state index in [2.05, 4.69) is 10.0 Å². The summed E-state index contributed by atoms with van der Waals surface area (Å²) in [4.78, 5) is 0.157. The molecule has 114 valence electrons. The summed E-state index contributed by atoms with van der Waals surface area (Å²) in [5, 5.41) is 13.1. The lowest BCUT2D eigenvalue weighted by molar-refractivity contribution is 0.0357. The third-order valence-corrected chi connectivity index (χ3v) is 4.42. The molecule has 1 rings (SSSR count). The maximum absolute atomic E-state index is 11.9. The van der Waals surface area contributed by atoms with Gasteiger partial charge in [0.05, 0.1) is 11.3 Å². The van der Waals surface area contributed by atoms with Gasteiger partial charge in [-0.3, -0.25) is 0 Å². The van der Waals surface area contributed by atoms with E-state index in [-0.39, 0.29) is 11.4 Å². The Hall–Kier alpha value is -1.15. The quantitative estimate of drug-likeness (QED) is 0.661. The second kappa shape index (κ2) is 7.03. The van der Waals surface area contributed by atoms with Crippen molar-refractivity contribution in [2.45, 2.75) is 23.8 Å². The predicted molar refractivity (Wildman–Crippen MR) is 78.3 cm³/mol. The number of para-hydroxylation sites is 1. The van der Waals surface area contributed by atoms with E-state index in [1.807, 2.05) is 0 Å². The molecule has 0 heterocycles. The van der Waals surface area contributed by atoms with E-state index in [9.17, 15) is 13.5 Å². The number of methoxy groups -OCH3 is 1. The molecular formula is C13H22N2O4S. The normalized spacial score (nSPS) is 14.8. The molecule has 0 aliphatic heterocycles. The van der Waals surface area contributed by atoms with Crippen LogP contribution in [0.3, 0.4) is 0 Å². The lowest BCUT2D eigenvalue weighted by atomic mass is 10.0. The van der Waals surface area contributed by atoms with Gasteiger partial charge >= 0.3 is 0 Å². The monoisotopic (exact) mass is 302 g/mol. The lowest BCUT2D eigenvalue weighted by Crippen LogP contribution is -2.35. The Morgan fingerprint density at radius 3 is 2.60 bits per heavy atom. The molecule has 0 aliphatic carbocycles. The Morgan fingerprint density at radius 2 is 2.00 bits per heavy atom. The van der Waals surface area contributed by atoms with Crippen LogP contribution in [0.1, 0.15) is 13.3 Å². The maximum Gasteiger partial charge on any atom is 0.242 e. The minimum Gasteiger partial charge on any atom is -0.388 e. The topological polar surface area (TPSA) is 87.7 Å². The Balaban J connectivity index is 2.84. The van der Waals surface area contributed by atoms with E-state index < -0.39 is 15.6 Å². The van der Waals surface area contributed by atoms with Crippen LogP contribution in [0, 0.1) is 0 Å². The number of sulfonamides is 1. The number of ether oxygens (including phenoxy) is 1. The molecule has 6 nitrogen and oxygen atoms in total. The number of hydrogen-bond acceptors (Lipinski definition) is 5. The molecule has 0 aliphatic rings. The van der Waals surface area contributed by atoms with Crippen LogP contribution in [0.25, 0.3) is 0 Å². The summed E-state index contributed by atoms with van der Waals surface area (Å²) in [6.07, 6.45) is 0.456. The van der Waals surface area contributed by atoms with Crippen molar-refractivity contribution in [1.29, 1.82) is 0 Å². The minimum atomic E-state index is -3.53. The maximum atomic E-state index is 11.9. The molecule has 0 saturated carbocycles. The number of anilines is 1. The van der Waals surface area contributed by atoms with Gasteiger partial charge in [-0.2, -0.15) is 0 Å². The third-order valence-electron chi connectivity index (χ3n) is 2.95. The van der Waals surface area contributed by atoms with Crippen LogP contribution in [0.4, 0.5) is 5.69 Å². The Kier molecular flexibility index (Phi) is 5.94. The first-order chi connectivity index (χ1) is 9.32. The zero-order valence-electron chi connectivity index (χ0n) is 12.0. The summed E-state index contributed by atoms with van der Waals surface area (Å²) in [6.45, 7) is 2.34. The smallest absolute Gasteiger partial charge is 0.242 e. The first-order valence-corrected chi connectivity index (χ1v) is 7.78. The van der Waals surface area contributed by atoms with Crippen molar-refractivity contribution in [3.8, 4) is 0 Å². The van der Waals surface area contributed by atoms with E-state index in [1.165, 1.54) is 13.1 Å². The standard InChI is InChI=1S/C13H22N2O4S/c1-13(16,8-9-19-3)10-15-11-6-4-5-7-12(11)20(17,18)14-2/h4-7,14-16H,8-10H2,1-3H3. The number of nitrogens with one attached hydrogen (secondary N) is 2. The highest BCUT2D eigenvalue weighted by Crippen LogP contribution is 2.21. The van der Waals surface area contributed by atoms with Crippen LogP contribution < -0.4 is 10.0 Å². The van der Waals surface area contributed by atoms with Gasteiger partial charge in [0.2, 0.25) is 10.0 Å². The third kappa shape index (κ3) is 4.75. The Labute approximate surface area is 120 Å². The largest absolute Gasteiger partial charge is 0.388 e. The SMILES string of the molecule is CNS(=O)(=O)c1ccccc1NCC(C)(O)CCOC. The molecule has 1 atom stereocenters. The van der Waals surface area contributed by atoms with Crippen molar-refractivity contribution >= 4 is 15.7 Å². The number of rotatable bonds is 8. The number of aliphatic hydroxyl groups is 1. The molecule has 0 spiro atoms. The van der Waals surface area contributed by atoms with Crippen molar-refractivity contribution in [1.82, 2.24) is 4.72 Å². The van der Waals surface area contributed by atoms with Crippen molar-refractivity contribution in [2.24, 2.45) is 0 Å². The predicted octanol–water partition coefficient (Wildman–Crippen LogP) is 0.794. The van der Waals surface area contributed by atoms with Crippen LogP contribution in [0.2, 0.25) is 0 Å².